The molecule has 1 fully saturated rings. The van der Waals surface area contributed by atoms with Crippen LogP contribution in [0.25, 0.3) is 11.1 Å². The average molecular weight is 481 g/mol. The molecule has 1 heterocycles. The van der Waals surface area contributed by atoms with Crippen LogP contribution in [0, 0.1) is 5.92 Å². The molecule has 1 aliphatic heterocycles. The van der Waals surface area contributed by atoms with Gasteiger partial charge in [0, 0.05) is 19.0 Å². The van der Waals surface area contributed by atoms with E-state index in [1.165, 1.54) is 4.90 Å². The summed E-state index contributed by atoms with van der Waals surface area (Å²) in [6, 6.07) is 16.2. The number of carboxylic acids is 1. The molecule has 8 nitrogen and oxygen atoms in total. The minimum Gasteiger partial charge on any atom is -0.481 e. The van der Waals surface area contributed by atoms with Crippen molar-refractivity contribution in [1.82, 2.24) is 10.2 Å². The fraction of sp³-hybridized carbons (Fsp3) is 0.444. The van der Waals surface area contributed by atoms with E-state index >= 15 is 0 Å². The van der Waals surface area contributed by atoms with Gasteiger partial charge in [-0.2, -0.15) is 0 Å². The van der Waals surface area contributed by atoms with Gasteiger partial charge in [0.05, 0.1) is 19.1 Å². The van der Waals surface area contributed by atoms with Gasteiger partial charge in [0.2, 0.25) is 5.91 Å². The molecule has 2 aliphatic rings. The van der Waals surface area contributed by atoms with Crippen LogP contribution in [0.3, 0.4) is 0 Å². The van der Waals surface area contributed by atoms with E-state index in [4.69, 9.17) is 9.47 Å². The van der Waals surface area contributed by atoms with Gasteiger partial charge in [0.25, 0.3) is 0 Å². The van der Waals surface area contributed by atoms with E-state index in [1.54, 1.807) is 6.92 Å². The van der Waals surface area contributed by atoms with Crippen molar-refractivity contribution >= 4 is 18.0 Å². The number of nitrogens with one attached hydrogen (secondary N) is 1. The Bertz CT molecular complexity index is 1060. The van der Waals surface area contributed by atoms with Crippen molar-refractivity contribution in [3.63, 3.8) is 0 Å². The third kappa shape index (κ3) is 5.17. The Labute approximate surface area is 205 Å². The van der Waals surface area contributed by atoms with Gasteiger partial charge in [-0.3, -0.25) is 9.59 Å². The summed E-state index contributed by atoms with van der Waals surface area (Å²) < 4.78 is 11.0. The summed E-state index contributed by atoms with van der Waals surface area (Å²) in [4.78, 5) is 39.4. The zero-order chi connectivity index (χ0) is 25.0. The molecule has 4 rings (SSSR count). The quantitative estimate of drug-likeness (QED) is 0.627. The molecule has 2 unspecified atom stereocenters. The first-order valence-electron chi connectivity index (χ1n) is 12.1. The maximum Gasteiger partial charge on any atom is 0.408 e. The highest BCUT2D eigenvalue weighted by Gasteiger charge is 2.40. The minimum atomic E-state index is -1.22. The third-order valence-corrected chi connectivity index (χ3v) is 6.85. The number of carbonyl (C=O) groups is 3. The van der Waals surface area contributed by atoms with E-state index in [2.05, 4.69) is 17.4 Å². The van der Waals surface area contributed by atoms with E-state index < -0.39 is 23.5 Å². The number of carboxylic acid groups (broad SMARTS) is 1. The monoisotopic (exact) mass is 480 g/mol. The van der Waals surface area contributed by atoms with Crippen molar-refractivity contribution in [3.8, 4) is 11.1 Å². The zero-order valence-corrected chi connectivity index (χ0v) is 20.2. The predicted octanol–water partition coefficient (Wildman–Crippen LogP) is 3.64. The highest BCUT2D eigenvalue weighted by molar-refractivity contribution is 5.90. The Morgan fingerprint density at radius 1 is 1.11 bits per heavy atom. The van der Waals surface area contributed by atoms with Crippen molar-refractivity contribution in [3.05, 3.63) is 59.7 Å². The molecule has 8 heteroatoms. The van der Waals surface area contributed by atoms with Crippen molar-refractivity contribution in [1.29, 1.82) is 0 Å². The number of benzene rings is 2. The molecule has 0 radical (unpaired) electrons. The lowest BCUT2D eigenvalue weighted by Crippen LogP contribution is -2.59. The van der Waals surface area contributed by atoms with Crippen molar-refractivity contribution < 1.29 is 29.0 Å². The van der Waals surface area contributed by atoms with Crippen LogP contribution in [0.5, 0.6) is 0 Å². The normalized spacial score (nSPS) is 19.1. The summed E-state index contributed by atoms with van der Waals surface area (Å²) in [5, 5.41) is 12.2. The van der Waals surface area contributed by atoms with Crippen molar-refractivity contribution in [2.24, 2.45) is 5.92 Å². The average Bonchev–Trinajstić information content (AvgIpc) is 2.97. The number of alkyl carbamates (subject to hydrolysis) is 1. The SMILES string of the molecule is CCCC(C)(NC(=O)OCC1c2ccccc2-c2ccccc21)C(=O)N1CCOCC(C(=O)O)C1. The van der Waals surface area contributed by atoms with Crippen LogP contribution in [-0.4, -0.2) is 66.4 Å². The summed E-state index contributed by atoms with van der Waals surface area (Å²) in [7, 11) is 0. The van der Waals surface area contributed by atoms with Crippen LogP contribution >= 0.6 is 0 Å². The van der Waals surface area contributed by atoms with Gasteiger partial charge in [-0.1, -0.05) is 61.9 Å². The van der Waals surface area contributed by atoms with E-state index in [-0.39, 0.29) is 44.7 Å². The Morgan fingerprint density at radius 3 is 2.34 bits per heavy atom. The fourth-order valence-corrected chi connectivity index (χ4v) is 5.08. The summed E-state index contributed by atoms with van der Waals surface area (Å²) in [5.74, 6) is -2.22. The van der Waals surface area contributed by atoms with E-state index in [1.807, 2.05) is 43.3 Å². The molecular formula is C27H32N2O6. The summed E-state index contributed by atoms with van der Waals surface area (Å²) in [6.45, 7) is 4.37. The number of amides is 2. The van der Waals surface area contributed by atoms with Gasteiger partial charge < -0.3 is 24.8 Å². The van der Waals surface area contributed by atoms with Crippen molar-refractivity contribution in [2.75, 3.05) is 32.9 Å². The van der Waals surface area contributed by atoms with Crippen LogP contribution in [-0.2, 0) is 19.1 Å². The molecule has 2 aromatic carbocycles. The standard InChI is InChI=1S/C27H32N2O6/c1-3-12-27(2,25(32)29-13-14-34-16-18(15-29)24(30)31)28-26(33)35-17-23-21-10-6-4-8-19(21)20-9-5-7-11-22(20)23/h4-11,18,23H,3,12-17H2,1-2H3,(H,28,33)(H,30,31). The molecule has 1 saturated heterocycles. The van der Waals surface area contributed by atoms with Gasteiger partial charge in [-0.05, 0) is 35.6 Å². The number of hydrogen-bond donors (Lipinski definition) is 2. The number of rotatable bonds is 7. The molecule has 2 N–H and O–H groups in total. The lowest BCUT2D eigenvalue weighted by molar-refractivity contribution is -0.145. The molecule has 2 amide bonds. The van der Waals surface area contributed by atoms with Crippen LogP contribution < -0.4 is 5.32 Å². The first-order valence-corrected chi connectivity index (χ1v) is 12.1. The highest BCUT2D eigenvalue weighted by Crippen LogP contribution is 2.44. The Kier molecular flexibility index (Phi) is 7.40. The first-order chi connectivity index (χ1) is 16.8. The zero-order valence-electron chi connectivity index (χ0n) is 20.2. The predicted molar refractivity (Wildman–Crippen MR) is 130 cm³/mol. The molecule has 0 aromatic heterocycles. The lowest BCUT2D eigenvalue weighted by Gasteiger charge is -2.35. The molecule has 2 atom stereocenters. The van der Waals surface area contributed by atoms with Crippen LogP contribution in [0.2, 0.25) is 0 Å². The second-order valence-electron chi connectivity index (χ2n) is 9.39. The van der Waals surface area contributed by atoms with E-state index in [0.29, 0.717) is 12.8 Å². The Balaban J connectivity index is 1.45. The van der Waals surface area contributed by atoms with Gasteiger partial charge in [0.15, 0.2) is 0 Å². The lowest BCUT2D eigenvalue weighted by atomic mass is 9.93. The van der Waals surface area contributed by atoms with Gasteiger partial charge in [0.1, 0.15) is 12.1 Å². The molecule has 1 aliphatic carbocycles. The largest absolute Gasteiger partial charge is 0.481 e. The molecule has 35 heavy (non-hydrogen) atoms. The number of aliphatic carboxylic acids is 1. The highest BCUT2D eigenvalue weighted by atomic mass is 16.5. The first kappa shape index (κ1) is 24.7. The molecule has 2 aromatic rings. The van der Waals surface area contributed by atoms with E-state index in [0.717, 1.165) is 22.3 Å². The molecule has 0 bridgehead atoms. The smallest absolute Gasteiger partial charge is 0.408 e. The summed E-state index contributed by atoms with van der Waals surface area (Å²) in [6.07, 6.45) is 0.376. The van der Waals surface area contributed by atoms with Gasteiger partial charge in [-0.25, -0.2) is 4.79 Å². The molecular weight excluding hydrogens is 448 g/mol. The Morgan fingerprint density at radius 2 is 1.74 bits per heavy atom. The fourth-order valence-electron chi connectivity index (χ4n) is 5.08. The maximum atomic E-state index is 13.5. The summed E-state index contributed by atoms with van der Waals surface area (Å²) >= 11 is 0. The third-order valence-electron chi connectivity index (χ3n) is 6.85. The number of ether oxygens (including phenoxy) is 2. The molecule has 0 saturated carbocycles. The van der Waals surface area contributed by atoms with E-state index in [9.17, 15) is 19.5 Å². The van der Waals surface area contributed by atoms with Crippen molar-refractivity contribution in [2.45, 2.75) is 38.1 Å². The number of fused-ring (bicyclic) bond motifs is 3. The minimum absolute atomic E-state index is 0.0415. The number of nitrogens with zero attached hydrogens (tertiary/aromatic N) is 1. The number of carbonyl (C=O) groups excluding carboxylic acids is 2. The topological polar surface area (TPSA) is 105 Å². The second kappa shape index (κ2) is 10.5. The Hall–Kier alpha value is -3.39. The second-order valence-corrected chi connectivity index (χ2v) is 9.39. The number of hydrogen-bond acceptors (Lipinski definition) is 5. The van der Waals surface area contributed by atoms with Gasteiger partial charge in [-0.15, -0.1) is 0 Å². The van der Waals surface area contributed by atoms with Crippen LogP contribution in [0.4, 0.5) is 4.79 Å². The van der Waals surface area contributed by atoms with Gasteiger partial charge >= 0.3 is 12.1 Å². The maximum absolute atomic E-state index is 13.5. The molecule has 186 valence electrons. The van der Waals surface area contributed by atoms with Crippen LogP contribution in [0.15, 0.2) is 48.5 Å². The summed E-state index contributed by atoms with van der Waals surface area (Å²) in [5.41, 5.74) is 3.28. The molecule has 0 spiro atoms. The van der Waals surface area contributed by atoms with Crippen LogP contribution in [0.1, 0.15) is 43.7 Å².